The van der Waals surface area contributed by atoms with Gasteiger partial charge in [0.2, 0.25) is 10.0 Å². The Labute approximate surface area is 146 Å². The number of amides is 1. The molecule has 3 rings (SSSR count). The monoisotopic (exact) mass is 366 g/mol. The molecule has 0 unspecified atom stereocenters. The minimum Gasteiger partial charge on any atom is -0.391 e. The number of aliphatic hydroxyl groups is 1. The van der Waals surface area contributed by atoms with Gasteiger partial charge in [0.15, 0.2) is 0 Å². The molecule has 1 amide bonds. The van der Waals surface area contributed by atoms with E-state index < -0.39 is 22.0 Å². The summed E-state index contributed by atoms with van der Waals surface area (Å²) in [6.45, 7) is 2.22. The van der Waals surface area contributed by atoms with Crippen molar-refractivity contribution in [1.82, 2.24) is 18.6 Å². The van der Waals surface area contributed by atoms with E-state index in [2.05, 4.69) is 4.98 Å². The van der Waals surface area contributed by atoms with Gasteiger partial charge in [0.05, 0.1) is 11.9 Å². The second-order valence-electron chi connectivity index (χ2n) is 6.65. The third kappa shape index (κ3) is 3.39. The molecule has 136 valence electrons. The summed E-state index contributed by atoms with van der Waals surface area (Å²) in [6.07, 6.45) is 2.61. The molecule has 0 saturated carbocycles. The van der Waals surface area contributed by atoms with Crippen LogP contribution in [0.25, 0.3) is 5.65 Å². The molecule has 2 atom stereocenters. The van der Waals surface area contributed by atoms with Gasteiger partial charge in [-0.05, 0) is 18.6 Å². The summed E-state index contributed by atoms with van der Waals surface area (Å²) in [7, 11) is -0.525. The lowest BCUT2D eigenvalue weighted by Crippen LogP contribution is -2.33. The number of likely N-dealkylation sites (tertiary alicyclic amines) is 1. The van der Waals surface area contributed by atoms with Crippen molar-refractivity contribution in [2.24, 2.45) is 5.92 Å². The van der Waals surface area contributed by atoms with Crippen LogP contribution in [0, 0.1) is 12.8 Å². The molecule has 2 aromatic rings. The number of aryl methyl sites for hydroxylation is 1. The van der Waals surface area contributed by atoms with Crippen molar-refractivity contribution >= 4 is 21.6 Å². The lowest BCUT2D eigenvalue weighted by atomic mass is 10.1. The molecule has 25 heavy (non-hydrogen) atoms. The molecule has 1 aliphatic heterocycles. The zero-order valence-corrected chi connectivity index (χ0v) is 15.3. The highest BCUT2D eigenvalue weighted by atomic mass is 32.2. The normalized spacial score (nSPS) is 21.4. The first-order valence-corrected chi connectivity index (χ1v) is 9.62. The minimum atomic E-state index is -3.44. The summed E-state index contributed by atoms with van der Waals surface area (Å²) in [6, 6.07) is 3.79. The number of nitrogens with zero attached hydrogens (tertiary/aromatic N) is 4. The Kier molecular flexibility index (Phi) is 4.56. The van der Waals surface area contributed by atoms with Gasteiger partial charge < -0.3 is 14.4 Å². The predicted molar refractivity (Wildman–Crippen MR) is 92.8 cm³/mol. The first kappa shape index (κ1) is 17.8. The van der Waals surface area contributed by atoms with Crippen LogP contribution in [0.4, 0.5) is 0 Å². The molecule has 0 aliphatic carbocycles. The van der Waals surface area contributed by atoms with E-state index in [1.807, 2.05) is 25.3 Å². The maximum atomic E-state index is 12.7. The number of rotatable bonds is 4. The summed E-state index contributed by atoms with van der Waals surface area (Å²) in [5.74, 6) is -0.989. The number of aliphatic hydroxyl groups excluding tert-OH is 1. The lowest BCUT2D eigenvalue weighted by Gasteiger charge is -2.17. The number of aromatic nitrogens is 2. The number of fused-ring (bicyclic) bond motifs is 1. The number of hydrogen-bond donors (Lipinski definition) is 1. The summed E-state index contributed by atoms with van der Waals surface area (Å²) >= 11 is 0. The molecule has 0 radical (unpaired) electrons. The summed E-state index contributed by atoms with van der Waals surface area (Å²) in [5, 5.41) is 10.2. The highest BCUT2D eigenvalue weighted by molar-refractivity contribution is 7.89. The maximum Gasteiger partial charge on any atom is 0.274 e. The van der Waals surface area contributed by atoms with Gasteiger partial charge >= 0.3 is 0 Å². The van der Waals surface area contributed by atoms with Crippen LogP contribution in [-0.2, 0) is 10.0 Å². The standard InChI is InChI=1S/C16H22N4O4S/c1-11-5-4-6-19-8-13(17-15(11)19)16(22)20-7-12(14(21)9-20)10-25(23,24)18(2)3/h4-6,8,12,14,21H,7,9-10H2,1-3H3/t12-,14+/m0/s1. The number of sulfonamides is 1. The van der Waals surface area contributed by atoms with E-state index >= 15 is 0 Å². The molecule has 8 nitrogen and oxygen atoms in total. The van der Waals surface area contributed by atoms with Crippen LogP contribution in [0.15, 0.2) is 24.5 Å². The highest BCUT2D eigenvalue weighted by Crippen LogP contribution is 2.22. The van der Waals surface area contributed by atoms with Crippen LogP contribution in [0.3, 0.4) is 0 Å². The summed E-state index contributed by atoms with van der Waals surface area (Å²) in [5.41, 5.74) is 1.95. The Morgan fingerprint density at radius 3 is 2.76 bits per heavy atom. The Bertz CT molecular complexity index is 906. The van der Waals surface area contributed by atoms with Crippen LogP contribution in [-0.4, -0.2) is 77.1 Å². The predicted octanol–water partition coefficient (Wildman–Crippen LogP) is -0.0330. The fraction of sp³-hybridized carbons (Fsp3) is 0.500. The molecule has 2 aromatic heterocycles. The van der Waals surface area contributed by atoms with Gasteiger partial charge in [0.25, 0.3) is 5.91 Å². The van der Waals surface area contributed by atoms with Crippen molar-refractivity contribution in [3.63, 3.8) is 0 Å². The third-order valence-corrected chi connectivity index (χ3v) is 6.53. The van der Waals surface area contributed by atoms with Crippen LogP contribution in [0.1, 0.15) is 16.1 Å². The molecule has 1 aliphatic rings. The Morgan fingerprint density at radius 1 is 1.40 bits per heavy atom. The van der Waals surface area contributed by atoms with Crippen LogP contribution in [0.5, 0.6) is 0 Å². The highest BCUT2D eigenvalue weighted by Gasteiger charge is 2.38. The van der Waals surface area contributed by atoms with E-state index in [1.165, 1.54) is 19.0 Å². The van der Waals surface area contributed by atoms with Crippen molar-refractivity contribution < 1.29 is 18.3 Å². The molecule has 1 N–H and O–H groups in total. The first-order chi connectivity index (χ1) is 11.7. The maximum absolute atomic E-state index is 12.7. The van der Waals surface area contributed by atoms with Crippen LogP contribution in [0.2, 0.25) is 0 Å². The SMILES string of the molecule is Cc1cccn2cc(C(=O)N3C[C@@H](CS(=O)(=O)N(C)C)[C@H](O)C3)nc12. The Hall–Kier alpha value is -1.97. The van der Waals surface area contributed by atoms with Gasteiger partial charge in [-0.1, -0.05) is 6.07 Å². The number of β-amino-alcohol motifs (C(OH)–C–C–N with tert-alkyl or cyclic N) is 1. The largest absolute Gasteiger partial charge is 0.391 e. The molecule has 1 saturated heterocycles. The van der Waals surface area contributed by atoms with Gasteiger partial charge in [0.1, 0.15) is 11.3 Å². The zero-order chi connectivity index (χ0) is 18.4. The Balaban J connectivity index is 1.78. The van der Waals surface area contributed by atoms with Gasteiger partial charge in [0, 0.05) is 45.5 Å². The number of carbonyl (C=O) groups excluding carboxylic acids is 1. The quantitative estimate of drug-likeness (QED) is 0.820. The van der Waals surface area contributed by atoms with Crippen LogP contribution < -0.4 is 0 Å². The van der Waals surface area contributed by atoms with Crippen molar-refractivity contribution in [1.29, 1.82) is 0 Å². The molecule has 3 heterocycles. The van der Waals surface area contributed by atoms with Gasteiger partial charge in [-0.2, -0.15) is 0 Å². The molecular formula is C16H22N4O4S. The zero-order valence-electron chi connectivity index (χ0n) is 14.5. The van der Waals surface area contributed by atoms with Crippen molar-refractivity contribution in [3.05, 3.63) is 35.8 Å². The van der Waals surface area contributed by atoms with Crippen LogP contribution >= 0.6 is 0 Å². The number of carbonyl (C=O) groups is 1. The second-order valence-corrected chi connectivity index (χ2v) is 8.87. The molecule has 0 spiro atoms. The average molecular weight is 366 g/mol. The van der Waals surface area contributed by atoms with Crippen molar-refractivity contribution in [2.45, 2.75) is 13.0 Å². The minimum absolute atomic E-state index is 0.110. The second kappa shape index (κ2) is 6.40. The number of pyridine rings is 1. The molecule has 1 fully saturated rings. The Morgan fingerprint density at radius 2 is 2.12 bits per heavy atom. The molecular weight excluding hydrogens is 344 g/mol. The summed E-state index contributed by atoms with van der Waals surface area (Å²) < 4.78 is 27.0. The molecule has 9 heteroatoms. The average Bonchev–Trinajstić information content (AvgIpc) is 3.11. The number of imidazole rings is 1. The first-order valence-electron chi connectivity index (χ1n) is 8.01. The molecule has 0 aromatic carbocycles. The van der Waals surface area contributed by atoms with Gasteiger partial charge in [-0.15, -0.1) is 0 Å². The van der Waals surface area contributed by atoms with E-state index in [-0.39, 0.29) is 30.4 Å². The van der Waals surface area contributed by atoms with E-state index in [4.69, 9.17) is 0 Å². The number of hydrogen-bond acceptors (Lipinski definition) is 5. The van der Waals surface area contributed by atoms with E-state index in [0.29, 0.717) is 5.65 Å². The van der Waals surface area contributed by atoms with Crippen molar-refractivity contribution in [2.75, 3.05) is 32.9 Å². The topological polar surface area (TPSA) is 95.2 Å². The van der Waals surface area contributed by atoms with E-state index in [1.54, 1.807) is 10.6 Å². The van der Waals surface area contributed by atoms with Gasteiger partial charge in [-0.25, -0.2) is 17.7 Å². The fourth-order valence-corrected chi connectivity index (χ4v) is 4.19. The smallest absolute Gasteiger partial charge is 0.274 e. The lowest BCUT2D eigenvalue weighted by molar-refractivity contribution is 0.0759. The fourth-order valence-electron chi connectivity index (χ4n) is 3.02. The van der Waals surface area contributed by atoms with Gasteiger partial charge in [-0.3, -0.25) is 4.79 Å². The van der Waals surface area contributed by atoms with E-state index in [9.17, 15) is 18.3 Å². The van der Waals surface area contributed by atoms with Crippen molar-refractivity contribution in [3.8, 4) is 0 Å². The summed E-state index contributed by atoms with van der Waals surface area (Å²) in [4.78, 5) is 18.5. The van der Waals surface area contributed by atoms with E-state index in [0.717, 1.165) is 9.87 Å². The third-order valence-electron chi connectivity index (χ3n) is 4.57. The molecule has 0 bridgehead atoms.